The summed E-state index contributed by atoms with van der Waals surface area (Å²) in [6.45, 7) is 3.78. The van der Waals surface area contributed by atoms with Crippen molar-refractivity contribution >= 4 is 11.6 Å². The molecule has 0 aliphatic rings. The van der Waals surface area contributed by atoms with Gasteiger partial charge in [-0.1, -0.05) is 0 Å². The summed E-state index contributed by atoms with van der Waals surface area (Å²) in [5, 5.41) is 12.7. The largest absolute Gasteiger partial charge is 0.496 e. The Kier molecular flexibility index (Phi) is 4.90. The molecule has 0 aliphatic carbocycles. The van der Waals surface area contributed by atoms with Crippen LogP contribution < -0.4 is 10.1 Å². The van der Waals surface area contributed by atoms with Gasteiger partial charge in [0.2, 0.25) is 5.95 Å². The SMILES string of the molecule is COc1c(C)cc(Nc2nccc(-c3ccnc(C)c3)n2)cc1CO. The minimum atomic E-state index is -0.100. The topological polar surface area (TPSA) is 80.2 Å². The number of hydrogen-bond donors (Lipinski definition) is 2. The first-order chi connectivity index (χ1) is 12.1. The highest BCUT2D eigenvalue weighted by Gasteiger charge is 2.10. The van der Waals surface area contributed by atoms with E-state index in [1.54, 1.807) is 19.5 Å². The molecule has 6 heteroatoms. The van der Waals surface area contributed by atoms with Crippen LogP contribution in [0.15, 0.2) is 42.7 Å². The van der Waals surface area contributed by atoms with Crippen molar-refractivity contribution in [2.75, 3.05) is 12.4 Å². The molecule has 0 aliphatic heterocycles. The number of nitrogens with one attached hydrogen (secondary N) is 1. The van der Waals surface area contributed by atoms with E-state index in [-0.39, 0.29) is 6.61 Å². The molecule has 2 N–H and O–H groups in total. The first kappa shape index (κ1) is 16.9. The summed E-state index contributed by atoms with van der Waals surface area (Å²) in [5.41, 5.74) is 5.17. The Morgan fingerprint density at radius 3 is 2.60 bits per heavy atom. The number of methoxy groups -OCH3 is 1. The molecule has 0 atom stereocenters. The van der Waals surface area contributed by atoms with Gasteiger partial charge in [-0.2, -0.15) is 0 Å². The van der Waals surface area contributed by atoms with Crippen LogP contribution in [0.25, 0.3) is 11.3 Å². The highest BCUT2D eigenvalue weighted by atomic mass is 16.5. The van der Waals surface area contributed by atoms with E-state index in [2.05, 4.69) is 20.3 Å². The van der Waals surface area contributed by atoms with Crippen LogP contribution in [0, 0.1) is 13.8 Å². The molecule has 0 saturated heterocycles. The van der Waals surface area contributed by atoms with Gasteiger partial charge < -0.3 is 15.2 Å². The van der Waals surface area contributed by atoms with Crippen LogP contribution in [0.2, 0.25) is 0 Å². The van der Waals surface area contributed by atoms with Crippen LogP contribution in [0.1, 0.15) is 16.8 Å². The number of aromatic nitrogens is 3. The van der Waals surface area contributed by atoms with E-state index in [1.807, 2.05) is 44.2 Å². The highest BCUT2D eigenvalue weighted by molar-refractivity contribution is 5.64. The zero-order chi connectivity index (χ0) is 17.8. The van der Waals surface area contributed by atoms with Crippen molar-refractivity contribution in [2.45, 2.75) is 20.5 Å². The van der Waals surface area contributed by atoms with Crippen molar-refractivity contribution in [1.82, 2.24) is 15.0 Å². The predicted molar refractivity (Wildman–Crippen MR) is 96.9 cm³/mol. The van der Waals surface area contributed by atoms with Gasteiger partial charge in [-0.25, -0.2) is 9.97 Å². The predicted octanol–water partition coefficient (Wildman–Crippen LogP) is 3.40. The third-order valence-electron chi connectivity index (χ3n) is 3.83. The second kappa shape index (κ2) is 7.27. The van der Waals surface area contributed by atoms with Gasteiger partial charge in [0.05, 0.1) is 19.4 Å². The quantitative estimate of drug-likeness (QED) is 0.743. The third-order valence-corrected chi connectivity index (χ3v) is 3.83. The third kappa shape index (κ3) is 3.75. The number of benzene rings is 1. The fraction of sp³-hybridized carbons (Fsp3) is 0.211. The van der Waals surface area contributed by atoms with Gasteiger partial charge in [-0.15, -0.1) is 0 Å². The monoisotopic (exact) mass is 336 g/mol. The Balaban J connectivity index is 1.91. The normalized spacial score (nSPS) is 10.6. The van der Waals surface area contributed by atoms with Crippen molar-refractivity contribution in [3.8, 4) is 17.0 Å². The molecule has 1 aromatic carbocycles. The van der Waals surface area contributed by atoms with Crippen LogP contribution in [-0.2, 0) is 6.61 Å². The number of hydrogen-bond acceptors (Lipinski definition) is 6. The van der Waals surface area contributed by atoms with Gasteiger partial charge in [0.25, 0.3) is 0 Å². The number of nitrogens with zero attached hydrogens (tertiary/aromatic N) is 3. The van der Waals surface area contributed by atoms with Crippen molar-refractivity contribution in [3.63, 3.8) is 0 Å². The molecule has 25 heavy (non-hydrogen) atoms. The number of aryl methyl sites for hydroxylation is 2. The lowest BCUT2D eigenvalue weighted by atomic mass is 10.1. The molecule has 128 valence electrons. The molecule has 2 aromatic heterocycles. The standard InChI is InChI=1S/C19H20N4O2/c1-12-8-16(10-15(11-24)18(12)25-3)22-19-21-7-5-17(23-19)14-4-6-20-13(2)9-14/h4-10,24H,11H2,1-3H3,(H,21,22,23). The molecule has 0 radical (unpaired) electrons. The van der Waals surface area contributed by atoms with Gasteiger partial charge in [0, 0.05) is 34.9 Å². The minimum absolute atomic E-state index is 0.100. The van der Waals surface area contributed by atoms with Gasteiger partial charge in [-0.3, -0.25) is 4.98 Å². The Bertz CT molecular complexity index is 896. The molecular formula is C19H20N4O2. The highest BCUT2D eigenvalue weighted by Crippen LogP contribution is 2.29. The Hall–Kier alpha value is -2.99. The molecule has 0 unspecified atom stereocenters. The molecule has 0 fully saturated rings. The van der Waals surface area contributed by atoms with Gasteiger partial charge in [-0.05, 0) is 49.7 Å². The lowest BCUT2D eigenvalue weighted by Crippen LogP contribution is -2.01. The van der Waals surface area contributed by atoms with Crippen LogP contribution in [0.5, 0.6) is 5.75 Å². The number of rotatable bonds is 5. The van der Waals surface area contributed by atoms with Gasteiger partial charge in [0.1, 0.15) is 5.75 Å². The fourth-order valence-corrected chi connectivity index (χ4v) is 2.74. The second-order valence-corrected chi connectivity index (χ2v) is 5.72. The summed E-state index contributed by atoms with van der Waals surface area (Å²) in [7, 11) is 1.60. The Labute approximate surface area is 146 Å². The lowest BCUT2D eigenvalue weighted by Gasteiger charge is -2.13. The van der Waals surface area contributed by atoms with E-state index in [1.165, 1.54) is 0 Å². The maximum atomic E-state index is 9.54. The van der Waals surface area contributed by atoms with Crippen molar-refractivity contribution in [3.05, 3.63) is 59.5 Å². The summed E-state index contributed by atoms with van der Waals surface area (Å²) < 4.78 is 5.34. The summed E-state index contributed by atoms with van der Waals surface area (Å²) in [5.74, 6) is 1.18. The average Bonchev–Trinajstić information content (AvgIpc) is 2.61. The minimum Gasteiger partial charge on any atom is -0.496 e. The Morgan fingerprint density at radius 2 is 1.88 bits per heavy atom. The summed E-state index contributed by atoms with van der Waals surface area (Å²) >= 11 is 0. The smallest absolute Gasteiger partial charge is 0.227 e. The number of aliphatic hydroxyl groups excluding tert-OH is 1. The zero-order valence-corrected chi connectivity index (χ0v) is 14.4. The van der Waals surface area contributed by atoms with E-state index in [0.717, 1.165) is 28.2 Å². The molecule has 6 nitrogen and oxygen atoms in total. The Morgan fingerprint density at radius 1 is 1.08 bits per heavy atom. The molecule has 0 bridgehead atoms. The average molecular weight is 336 g/mol. The fourth-order valence-electron chi connectivity index (χ4n) is 2.74. The molecule has 0 spiro atoms. The summed E-state index contributed by atoms with van der Waals surface area (Å²) in [6.07, 6.45) is 3.48. The number of aliphatic hydroxyl groups is 1. The van der Waals surface area contributed by atoms with Crippen molar-refractivity contribution in [1.29, 1.82) is 0 Å². The molecule has 3 rings (SSSR count). The van der Waals surface area contributed by atoms with E-state index < -0.39 is 0 Å². The molecule has 2 heterocycles. The van der Waals surface area contributed by atoms with Crippen LogP contribution in [-0.4, -0.2) is 27.2 Å². The maximum absolute atomic E-state index is 9.54. The lowest BCUT2D eigenvalue weighted by molar-refractivity contribution is 0.273. The van der Waals surface area contributed by atoms with E-state index in [9.17, 15) is 5.11 Å². The molecule has 0 saturated carbocycles. The van der Waals surface area contributed by atoms with E-state index in [4.69, 9.17) is 4.74 Å². The molecule has 3 aromatic rings. The summed E-state index contributed by atoms with van der Waals surface area (Å²) in [4.78, 5) is 13.0. The molecule has 0 amide bonds. The second-order valence-electron chi connectivity index (χ2n) is 5.72. The van der Waals surface area contributed by atoms with Crippen molar-refractivity contribution < 1.29 is 9.84 Å². The van der Waals surface area contributed by atoms with E-state index >= 15 is 0 Å². The van der Waals surface area contributed by atoms with Crippen LogP contribution >= 0.6 is 0 Å². The van der Waals surface area contributed by atoms with Gasteiger partial charge in [0.15, 0.2) is 0 Å². The maximum Gasteiger partial charge on any atom is 0.227 e. The van der Waals surface area contributed by atoms with Crippen LogP contribution in [0.4, 0.5) is 11.6 Å². The van der Waals surface area contributed by atoms with Crippen molar-refractivity contribution in [2.24, 2.45) is 0 Å². The van der Waals surface area contributed by atoms with Gasteiger partial charge >= 0.3 is 0 Å². The first-order valence-corrected chi connectivity index (χ1v) is 7.92. The zero-order valence-electron chi connectivity index (χ0n) is 14.4. The number of pyridine rings is 1. The van der Waals surface area contributed by atoms with E-state index in [0.29, 0.717) is 17.3 Å². The molecular weight excluding hydrogens is 316 g/mol. The van der Waals surface area contributed by atoms with Crippen LogP contribution in [0.3, 0.4) is 0 Å². The summed E-state index contributed by atoms with van der Waals surface area (Å²) in [6, 6.07) is 9.52. The first-order valence-electron chi connectivity index (χ1n) is 7.92. The number of anilines is 2. The number of ether oxygens (including phenoxy) is 1.